The predicted molar refractivity (Wildman–Crippen MR) is 46.5 cm³/mol. The first kappa shape index (κ1) is 7.40. The van der Waals surface area contributed by atoms with Gasteiger partial charge in [-0.3, -0.25) is 0 Å². The molecule has 3 nitrogen and oxygen atoms in total. The zero-order valence-electron chi connectivity index (χ0n) is 7.24. The highest BCUT2D eigenvalue weighted by Crippen LogP contribution is 2.26. The SMILES string of the molecule is CC1C=CC=C2NC(=O)N(C)C21. The maximum absolute atomic E-state index is 11.2. The van der Waals surface area contributed by atoms with Crippen LogP contribution in [0.1, 0.15) is 6.92 Å². The van der Waals surface area contributed by atoms with E-state index in [0.29, 0.717) is 5.92 Å². The highest BCUT2D eigenvalue weighted by molar-refractivity contribution is 5.80. The summed E-state index contributed by atoms with van der Waals surface area (Å²) in [7, 11) is 1.83. The smallest absolute Gasteiger partial charge is 0.318 e. The Morgan fingerprint density at radius 2 is 2.33 bits per heavy atom. The Hall–Kier alpha value is -1.25. The van der Waals surface area contributed by atoms with E-state index in [1.54, 1.807) is 4.90 Å². The second-order valence-electron chi connectivity index (χ2n) is 3.35. The van der Waals surface area contributed by atoms with Gasteiger partial charge in [-0.25, -0.2) is 4.79 Å². The quantitative estimate of drug-likeness (QED) is 0.571. The van der Waals surface area contributed by atoms with Crippen molar-refractivity contribution in [2.45, 2.75) is 13.0 Å². The summed E-state index contributed by atoms with van der Waals surface area (Å²) in [6.07, 6.45) is 6.08. The van der Waals surface area contributed by atoms with Crippen LogP contribution in [0.3, 0.4) is 0 Å². The molecule has 0 saturated carbocycles. The van der Waals surface area contributed by atoms with E-state index >= 15 is 0 Å². The second kappa shape index (κ2) is 2.37. The van der Waals surface area contributed by atoms with Gasteiger partial charge in [0, 0.05) is 18.7 Å². The highest BCUT2D eigenvalue weighted by atomic mass is 16.2. The number of allylic oxidation sites excluding steroid dienone is 2. The van der Waals surface area contributed by atoms with Crippen LogP contribution in [0.25, 0.3) is 0 Å². The summed E-state index contributed by atoms with van der Waals surface area (Å²) in [6, 6.07) is 0.226. The van der Waals surface area contributed by atoms with Gasteiger partial charge >= 0.3 is 6.03 Å². The molecular weight excluding hydrogens is 152 g/mol. The molecule has 12 heavy (non-hydrogen) atoms. The Balaban J connectivity index is 2.34. The Morgan fingerprint density at radius 1 is 1.58 bits per heavy atom. The van der Waals surface area contributed by atoms with Gasteiger partial charge in [0.15, 0.2) is 0 Å². The number of nitrogens with zero attached hydrogens (tertiary/aromatic N) is 1. The zero-order valence-corrected chi connectivity index (χ0v) is 7.24. The summed E-state index contributed by atoms with van der Waals surface area (Å²) in [4.78, 5) is 13.0. The monoisotopic (exact) mass is 164 g/mol. The number of likely N-dealkylation sites (N-methyl/N-ethyl adjacent to an activating group) is 1. The lowest BCUT2D eigenvalue weighted by Gasteiger charge is -2.24. The first-order chi connectivity index (χ1) is 5.70. The molecule has 2 amide bonds. The van der Waals surface area contributed by atoms with E-state index < -0.39 is 0 Å². The van der Waals surface area contributed by atoms with E-state index in [1.165, 1.54) is 0 Å². The number of rotatable bonds is 0. The standard InChI is InChI=1S/C9H12N2O/c1-6-4-3-5-7-8(6)11(2)9(12)10-7/h3-6,8H,1-2H3,(H,10,12). The molecule has 1 aliphatic heterocycles. The topological polar surface area (TPSA) is 32.3 Å². The molecule has 1 heterocycles. The fourth-order valence-corrected chi connectivity index (χ4v) is 1.84. The minimum atomic E-state index is 0.00167. The molecule has 0 radical (unpaired) electrons. The molecule has 0 bridgehead atoms. The van der Waals surface area contributed by atoms with Crippen LogP contribution in [0, 0.1) is 5.92 Å². The lowest BCUT2D eigenvalue weighted by Crippen LogP contribution is -2.34. The van der Waals surface area contributed by atoms with E-state index in [2.05, 4.69) is 18.3 Å². The Labute approximate surface area is 71.7 Å². The summed E-state index contributed by atoms with van der Waals surface area (Å²) >= 11 is 0. The van der Waals surface area contributed by atoms with E-state index in [1.807, 2.05) is 19.2 Å². The molecule has 64 valence electrons. The minimum Gasteiger partial charge on any atom is -0.318 e. The van der Waals surface area contributed by atoms with Crippen molar-refractivity contribution < 1.29 is 4.79 Å². The Bertz CT molecular complexity index is 280. The lowest BCUT2D eigenvalue weighted by molar-refractivity contribution is 0.211. The second-order valence-corrected chi connectivity index (χ2v) is 3.35. The molecule has 0 aromatic carbocycles. The number of hydrogen-bond donors (Lipinski definition) is 1. The number of amides is 2. The van der Waals surface area contributed by atoms with Gasteiger partial charge in [0.1, 0.15) is 0 Å². The lowest BCUT2D eigenvalue weighted by atomic mass is 9.94. The van der Waals surface area contributed by atoms with Crippen molar-refractivity contribution in [3.8, 4) is 0 Å². The van der Waals surface area contributed by atoms with Crippen LogP contribution in [-0.4, -0.2) is 24.0 Å². The largest absolute Gasteiger partial charge is 0.321 e. The molecule has 2 aliphatic rings. The number of nitrogens with one attached hydrogen (secondary N) is 1. The van der Waals surface area contributed by atoms with Crippen molar-refractivity contribution in [3.05, 3.63) is 23.9 Å². The molecular formula is C9H12N2O. The molecule has 1 fully saturated rings. The van der Waals surface area contributed by atoms with Crippen molar-refractivity contribution in [3.63, 3.8) is 0 Å². The molecule has 1 saturated heterocycles. The van der Waals surface area contributed by atoms with Crippen LogP contribution in [0.2, 0.25) is 0 Å². The third kappa shape index (κ3) is 0.858. The first-order valence-corrected chi connectivity index (χ1v) is 4.12. The number of carbonyl (C=O) groups is 1. The summed E-state index contributed by atoms with van der Waals surface area (Å²) in [6.45, 7) is 2.12. The summed E-state index contributed by atoms with van der Waals surface area (Å²) in [5.41, 5.74) is 1.03. The maximum Gasteiger partial charge on any atom is 0.321 e. The number of fused-ring (bicyclic) bond motifs is 1. The number of carbonyl (C=O) groups excluding carboxylic acids is 1. The molecule has 3 heteroatoms. The van der Waals surface area contributed by atoms with E-state index in [-0.39, 0.29) is 12.1 Å². The van der Waals surface area contributed by atoms with Gasteiger partial charge in [0.25, 0.3) is 0 Å². The normalized spacial score (nSPS) is 33.0. The maximum atomic E-state index is 11.2. The van der Waals surface area contributed by atoms with Gasteiger partial charge in [0.05, 0.1) is 6.04 Å². The van der Waals surface area contributed by atoms with Crippen molar-refractivity contribution in [2.24, 2.45) is 5.92 Å². The fraction of sp³-hybridized carbons (Fsp3) is 0.444. The molecule has 1 aliphatic carbocycles. The van der Waals surface area contributed by atoms with Crippen LogP contribution in [0.4, 0.5) is 4.79 Å². The van der Waals surface area contributed by atoms with E-state index in [9.17, 15) is 4.79 Å². The van der Waals surface area contributed by atoms with Crippen LogP contribution in [0.15, 0.2) is 23.9 Å². The average molecular weight is 164 g/mol. The van der Waals surface area contributed by atoms with Gasteiger partial charge in [-0.15, -0.1) is 0 Å². The van der Waals surface area contributed by atoms with E-state index in [0.717, 1.165) is 5.70 Å². The highest BCUT2D eigenvalue weighted by Gasteiger charge is 2.35. The van der Waals surface area contributed by atoms with Crippen LogP contribution < -0.4 is 5.32 Å². The average Bonchev–Trinajstić information content (AvgIpc) is 2.29. The third-order valence-corrected chi connectivity index (χ3v) is 2.50. The first-order valence-electron chi connectivity index (χ1n) is 4.12. The van der Waals surface area contributed by atoms with Crippen LogP contribution in [-0.2, 0) is 0 Å². The van der Waals surface area contributed by atoms with Gasteiger partial charge in [-0.05, 0) is 6.08 Å². The van der Waals surface area contributed by atoms with Gasteiger partial charge in [-0.1, -0.05) is 19.1 Å². The van der Waals surface area contributed by atoms with Gasteiger partial charge in [0.2, 0.25) is 0 Å². The molecule has 0 aromatic heterocycles. The van der Waals surface area contributed by atoms with Crippen molar-refractivity contribution in [1.29, 1.82) is 0 Å². The Morgan fingerprint density at radius 3 is 3.00 bits per heavy atom. The van der Waals surface area contributed by atoms with Crippen LogP contribution in [0.5, 0.6) is 0 Å². The Kier molecular flexibility index (Phi) is 1.46. The summed E-state index contributed by atoms with van der Waals surface area (Å²) in [5.74, 6) is 0.411. The molecule has 2 atom stereocenters. The summed E-state index contributed by atoms with van der Waals surface area (Å²) in [5, 5.41) is 2.83. The number of urea groups is 1. The number of hydrogen-bond acceptors (Lipinski definition) is 1. The third-order valence-electron chi connectivity index (χ3n) is 2.50. The minimum absolute atomic E-state index is 0.00167. The zero-order chi connectivity index (χ0) is 8.72. The predicted octanol–water partition coefficient (Wildman–Crippen LogP) is 1.10. The molecule has 2 rings (SSSR count). The van der Waals surface area contributed by atoms with Crippen molar-refractivity contribution in [2.75, 3.05) is 7.05 Å². The molecule has 0 aromatic rings. The molecule has 1 N–H and O–H groups in total. The fourth-order valence-electron chi connectivity index (χ4n) is 1.84. The van der Waals surface area contributed by atoms with E-state index in [4.69, 9.17) is 0 Å². The van der Waals surface area contributed by atoms with Crippen LogP contribution >= 0.6 is 0 Å². The molecule has 2 unspecified atom stereocenters. The van der Waals surface area contributed by atoms with Crippen molar-refractivity contribution >= 4 is 6.03 Å². The van der Waals surface area contributed by atoms with Gasteiger partial charge in [-0.2, -0.15) is 0 Å². The molecule has 0 spiro atoms. The van der Waals surface area contributed by atoms with Gasteiger partial charge < -0.3 is 10.2 Å². The summed E-state index contributed by atoms with van der Waals surface area (Å²) < 4.78 is 0. The van der Waals surface area contributed by atoms with Crippen molar-refractivity contribution in [1.82, 2.24) is 10.2 Å².